The van der Waals surface area contributed by atoms with Crippen LogP contribution < -0.4 is 68.7 Å². The van der Waals surface area contributed by atoms with Crippen molar-refractivity contribution in [3.63, 3.8) is 0 Å². The average Bonchev–Trinajstić information content (AvgIpc) is 4.39. The van der Waals surface area contributed by atoms with Gasteiger partial charge in [0.05, 0.1) is 26.7 Å². The molecule has 3 unspecified atom stereocenters. The van der Waals surface area contributed by atoms with Gasteiger partial charge in [-0.1, -0.05) is 150 Å². The van der Waals surface area contributed by atoms with E-state index in [-0.39, 0.29) is 59.7 Å². The van der Waals surface area contributed by atoms with Crippen molar-refractivity contribution in [1.29, 1.82) is 0 Å². The van der Waals surface area contributed by atoms with E-state index in [1.807, 2.05) is 4.93 Å². The van der Waals surface area contributed by atoms with Gasteiger partial charge in [0, 0.05) is 85.5 Å². The minimum absolute atomic E-state index is 0. The summed E-state index contributed by atoms with van der Waals surface area (Å²) in [6.07, 6.45) is 19.0. The second-order valence-corrected chi connectivity index (χ2v) is 23.4. The van der Waals surface area contributed by atoms with Crippen molar-refractivity contribution >= 4 is 51.3 Å². The largest absolute Gasteiger partial charge is 1.00 e. The van der Waals surface area contributed by atoms with Gasteiger partial charge >= 0.3 is 29.6 Å². The van der Waals surface area contributed by atoms with Crippen LogP contribution in [0.2, 0.25) is 0 Å². The Hall–Kier alpha value is -2.69. The molecule has 0 spiro atoms. The summed E-state index contributed by atoms with van der Waals surface area (Å²) in [6, 6.07) is 63.4. The predicted molar refractivity (Wildman–Crippen MR) is 342 cm³/mol. The van der Waals surface area contributed by atoms with Crippen molar-refractivity contribution in [2.75, 3.05) is 86.8 Å². The summed E-state index contributed by atoms with van der Waals surface area (Å²) < 4.78 is 1.20. The number of hydrogen-bond donors (Lipinski definition) is 1. The number of halogens is 3. The van der Waals surface area contributed by atoms with Gasteiger partial charge in [-0.15, -0.1) is 11.6 Å². The summed E-state index contributed by atoms with van der Waals surface area (Å²) in [5, 5.41) is 3.59. The SMILES string of the molecule is CI.CN1CCCC1CCCl.CN1CCCC1CCN(c1ccccc1)C1Cc2ccccc2C1.C[N+]1(C)CCCC1CCN(c1ccccc1)C1Cc2ccccc2C1.[I-].[NH2-].[Na+].c1ccc(NC2Cc3ccccc3C2)cc1. The Labute approximate surface area is 536 Å². The minimum atomic E-state index is 0. The van der Waals surface area contributed by atoms with Crippen molar-refractivity contribution in [3.05, 3.63) is 203 Å². The number of rotatable bonds is 14. The summed E-state index contributed by atoms with van der Waals surface area (Å²) >= 11 is 7.77. The monoisotopic (exact) mass is 1320 g/mol. The van der Waals surface area contributed by atoms with Crippen LogP contribution in [0.25, 0.3) is 6.15 Å². The topological polar surface area (TPSA) is 58.5 Å². The van der Waals surface area contributed by atoms with Crippen molar-refractivity contribution < 1.29 is 58.0 Å². The fraction of sp³-hybridized carbons (Fsp3) is 0.471. The van der Waals surface area contributed by atoms with E-state index in [0.29, 0.717) is 18.1 Å². The molecule has 12 rings (SSSR count). The van der Waals surface area contributed by atoms with Crippen LogP contribution in [0.5, 0.6) is 0 Å². The molecule has 3 saturated heterocycles. The van der Waals surface area contributed by atoms with Gasteiger partial charge in [-0.2, -0.15) is 0 Å². The van der Waals surface area contributed by atoms with Crippen molar-refractivity contribution in [3.8, 4) is 0 Å². The normalized spacial score (nSPS) is 19.8. The zero-order valence-electron chi connectivity index (χ0n) is 48.8. The smallest absolute Gasteiger partial charge is 1.00 e. The maximum Gasteiger partial charge on any atom is 1.00 e. The summed E-state index contributed by atoms with van der Waals surface area (Å²) in [7, 11) is 9.30. The van der Waals surface area contributed by atoms with Crippen LogP contribution in [-0.2, 0) is 38.5 Å². The summed E-state index contributed by atoms with van der Waals surface area (Å²) in [4.78, 5) is 12.3. The molecule has 3 N–H and O–H groups in total. The van der Waals surface area contributed by atoms with E-state index >= 15 is 0 Å². The fourth-order valence-electron chi connectivity index (χ4n) is 13.4. The molecule has 6 aromatic rings. The van der Waals surface area contributed by atoms with Gasteiger partial charge in [0.1, 0.15) is 0 Å². The van der Waals surface area contributed by atoms with Gasteiger partial charge in [-0.25, -0.2) is 0 Å². The van der Waals surface area contributed by atoms with Crippen LogP contribution in [0.15, 0.2) is 164 Å². The van der Waals surface area contributed by atoms with Crippen molar-refractivity contribution in [1.82, 2.24) is 9.80 Å². The molecule has 3 aliphatic carbocycles. The first kappa shape index (κ1) is 67.1. The Morgan fingerprint density at radius 2 is 0.873 bits per heavy atom. The van der Waals surface area contributed by atoms with Gasteiger partial charge in [-0.3, -0.25) is 0 Å². The van der Waals surface area contributed by atoms with E-state index in [9.17, 15) is 0 Å². The molecule has 6 aromatic carbocycles. The molecule has 3 fully saturated rings. The van der Waals surface area contributed by atoms with Gasteiger partial charge in [0.2, 0.25) is 0 Å². The van der Waals surface area contributed by atoms with E-state index in [1.54, 1.807) is 22.3 Å². The Morgan fingerprint density at radius 3 is 1.24 bits per heavy atom. The number of anilines is 3. The zero-order valence-corrected chi connectivity index (χ0v) is 55.9. The van der Waals surface area contributed by atoms with Crippen molar-refractivity contribution in [2.45, 2.75) is 133 Å². The molecular formula is C68H93ClI2N7Na. The maximum atomic E-state index is 5.62. The molecule has 11 heteroatoms. The summed E-state index contributed by atoms with van der Waals surface area (Å²) in [6.45, 7) is 6.21. The number of likely N-dealkylation sites (tertiary alicyclic amines) is 3. The van der Waals surface area contributed by atoms with Gasteiger partial charge < -0.3 is 59.5 Å². The van der Waals surface area contributed by atoms with E-state index in [2.05, 4.69) is 239 Å². The number of alkyl halides is 2. The molecule has 3 aliphatic heterocycles. The Bertz CT molecular complexity index is 2540. The second-order valence-electron chi connectivity index (χ2n) is 23.0. The molecule has 7 nitrogen and oxygen atoms in total. The molecule has 0 bridgehead atoms. The number of para-hydroxylation sites is 3. The fourth-order valence-corrected chi connectivity index (χ4v) is 13.6. The first-order chi connectivity index (χ1) is 37.2. The number of fused-ring (bicyclic) bond motifs is 3. The molecule has 3 heterocycles. The van der Waals surface area contributed by atoms with Gasteiger partial charge in [-0.05, 0) is 179 Å². The first-order valence-electron chi connectivity index (χ1n) is 29.0. The quantitative estimate of drug-likeness (QED) is 0.0511. The molecule has 0 radical (unpaired) electrons. The third kappa shape index (κ3) is 19.4. The van der Waals surface area contributed by atoms with E-state index in [1.165, 1.54) is 136 Å². The van der Waals surface area contributed by atoms with Crippen LogP contribution in [-0.4, -0.2) is 122 Å². The van der Waals surface area contributed by atoms with Crippen LogP contribution in [0, 0.1) is 0 Å². The standard InChI is InChI=1S/C23H31N2.C22H28N2.C15H15N.C7H14ClN.CH3I.HI.H2N.Na/c1-25(2)16-8-13-23(25)14-15-24(21-11-4-3-5-12-21)22-17-19-9-6-7-10-20(19)18-22;1-23-14-7-12-20(23)13-15-24(21-10-3-2-4-11-21)22-16-18-8-5-6-9-19(18)17-22;1-2-8-14(9-3-1)16-15-10-12-6-4-5-7-13(12)11-15;1-9-6-2-3-7(9)4-5-8;1-2;;;/h3-7,9-12,22-23H,8,13-18H2,1-2H3;2-6,8-11,20,22H,7,12-17H2,1H3;1-9,15-16H,10-11H2;7H,2-6H2,1H3;1H3;1H;1H2;/q+1;;;;;;-1;+1/p-1. The van der Waals surface area contributed by atoms with Crippen LogP contribution in [0.3, 0.4) is 0 Å². The number of nitrogens with one attached hydrogen (secondary N) is 1. The molecule has 79 heavy (non-hydrogen) atoms. The summed E-state index contributed by atoms with van der Waals surface area (Å²) in [5.74, 6) is 0.814. The molecular weight excluding hydrogens is 1230 g/mol. The number of quaternary nitrogens is 1. The van der Waals surface area contributed by atoms with Gasteiger partial charge in [0.15, 0.2) is 0 Å². The number of hydrogen-bond acceptors (Lipinski definition) is 5. The maximum absolute atomic E-state index is 5.62. The molecule has 3 atom stereocenters. The Balaban J connectivity index is 0.000000199. The second kappa shape index (κ2) is 34.8. The third-order valence-electron chi connectivity index (χ3n) is 17.8. The summed E-state index contributed by atoms with van der Waals surface area (Å²) in [5.41, 5.74) is 13.2. The first-order valence-corrected chi connectivity index (χ1v) is 31.7. The van der Waals surface area contributed by atoms with Crippen LogP contribution in [0.1, 0.15) is 91.2 Å². The Kier molecular flexibility index (Phi) is 29.6. The van der Waals surface area contributed by atoms with Crippen LogP contribution in [0.4, 0.5) is 17.1 Å². The molecule has 0 amide bonds. The minimum Gasteiger partial charge on any atom is -1.00 e. The number of nitrogens with two attached hydrogens (primary N) is 1. The third-order valence-corrected chi connectivity index (χ3v) is 18.0. The van der Waals surface area contributed by atoms with Crippen LogP contribution >= 0.6 is 34.2 Å². The predicted octanol–water partition coefficient (Wildman–Crippen LogP) is 9.19. The van der Waals surface area contributed by atoms with Gasteiger partial charge in [0.25, 0.3) is 0 Å². The number of benzene rings is 6. The van der Waals surface area contributed by atoms with E-state index in [4.69, 9.17) is 11.6 Å². The van der Waals surface area contributed by atoms with E-state index in [0.717, 1.165) is 49.8 Å². The zero-order chi connectivity index (χ0) is 53.1. The average molecular weight is 1320 g/mol. The molecule has 0 saturated carbocycles. The molecule has 422 valence electrons. The van der Waals surface area contributed by atoms with E-state index < -0.39 is 0 Å². The number of nitrogens with zero attached hydrogens (tertiary/aromatic N) is 5. The Morgan fingerprint density at radius 1 is 0.506 bits per heavy atom. The molecule has 0 aromatic heterocycles. The molecule has 6 aliphatic rings. The van der Waals surface area contributed by atoms with Crippen molar-refractivity contribution in [2.24, 2.45) is 0 Å².